The molecule has 2 atom stereocenters. The lowest BCUT2D eigenvalue weighted by Crippen LogP contribution is -2.30. The zero-order chi connectivity index (χ0) is 10.4. The van der Waals surface area contributed by atoms with Gasteiger partial charge < -0.3 is 10.6 Å². The maximum Gasteiger partial charge on any atom is 0.220 e. The maximum atomic E-state index is 11.5. The summed E-state index contributed by atoms with van der Waals surface area (Å²) in [6.45, 7) is 7.23. The van der Waals surface area contributed by atoms with Gasteiger partial charge in [-0.15, -0.1) is 0 Å². The highest BCUT2D eigenvalue weighted by molar-refractivity contribution is 5.76. The first-order chi connectivity index (χ1) is 6.72. The molecule has 0 aliphatic carbocycles. The minimum absolute atomic E-state index is 0.221. The van der Waals surface area contributed by atoms with E-state index in [1.165, 1.54) is 0 Å². The van der Waals surface area contributed by atoms with Crippen molar-refractivity contribution in [3.05, 3.63) is 0 Å². The van der Waals surface area contributed by atoms with E-state index in [2.05, 4.69) is 24.5 Å². The molecule has 1 saturated heterocycles. The van der Waals surface area contributed by atoms with Gasteiger partial charge in [-0.25, -0.2) is 0 Å². The van der Waals surface area contributed by atoms with Crippen molar-refractivity contribution < 1.29 is 4.79 Å². The smallest absolute Gasteiger partial charge is 0.220 e. The van der Waals surface area contributed by atoms with E-state index >= 15 is 0 Å². The molecule has 0 aromatic rings. The van der Waals surface area contributed by atoms with Gasteiger partial charge in [0.05, 0.1) is 0 Å². The van der Waals surface area contributed by atoms with Crippen molar-refractivity contribution in [2.24, 2.45) is 11.8 Å². The van der Waals surface area contributed by atoms with Gasteiger partial charge in [-0.2, -0.15) is 0 Å². The average Bonchev–Trinajstić information content (AvgIpc) is 2.66. The van der Waals surface area contributed by atoms with Crippen molar-refractivity contribution in [3.8, 4) is 0 Å². The molecule has 1 heterocycles. The maximum absolute atomic E-state index is 11.5. The lowest BCUT2D eigenvalue weighted by Gasteiger charge is -2.12. The van der Waals surface area contributed by atoms with E-state index < -0.39 is 0 Å². The number of hydrogen-bond donors (Lipinski definition) is 2. The largest absolute Gasteiger partial charge is 0.356 e. The third kappa shape index (κ3) is 4.09. The Balaban J connectivity index is 2.09. The molecule has 0 aromatic heterocycles. The van der Waals surface area contributed by atoms with Gasteiger partial charge in [0.15, 0.2) is 0 Å². The van der Waals surface area contributed by atoms with E-state index in [1.54, 1.807) is 0 Å². The summed E-state index contributed by atoms with van der Waals surface area (Å²) in [5.74, 6) is 1.38. The number of carbonyl (C=O) groups excluding carboxylic acids is 1. The van der Waals surface area contributed by atoms with Crippen LogP contribution in [0.15, 0.2) is 0 Å². The normalized spacial score (nSPS) is 23.4. The van der Waals surface area contributed by atoms with Gasteiger partial charge in [0.25, 0.3) is 0 Å². The molecule has 3 heteroatoms. The average molecular weight is 198 g/mol. The summed E-state index contributed by atoms with van der Waals surface area (Å²) in [6.07, 6.45) is 2.98. The van der Waals surface area contributed by atoms with Crippen molar-refractivity contribution in [1.29, 1.82) is 0 Å². The Bertz CT molecular complexity index is 176. The Morgan fingerprint density at radius 2 is 2.43 bits per heavy atom. The molecule has 0 radical (unpaired) electrons. The Hall–Kier alpha value is -0.570. The Morgan fingerprint density at radius 3 is 3.00 bits per heavy atom. The zero-order valence-corrected chi connectivity index (χ0v) is 9.31. The predicted molar refractivity (Wildman–Crippen MR) is 58.1 cm³/mol. The van der Waals surface area contributed by atoms with Crippen LogP contribution in [0.2, 0.25) is 0 Å². The van der Waals surface area contributed by atoms with Crippen molar-refractivity contribution in [2.75, 3.05) is 19.6 Å². The van der Waals surface area contributed by atoms with E-state index in [4.69, 9.17) is 0 Å². The van der Waals surface area contributed by atoms with Gasteiger partial charge in [-0.1, -0.05) is 20.3 Å². The van der Waals surface area contributed by atoms with Crippen molar-refractivity contribution in [2.45, 2.75) is 33.1 Å². The first kappa shape index (κ1) is 11.5. The molecule has 0 bridgehead atoms. The molecule has 1 aliphatic heterocycles. The zero-order valence-electron chi connectivity index (χ0n) is 9.31. The number of nitrogens with one attached hydrogen (secondary N) is 2. The fourth-order valence-corrected chi connectivity index (χ4v) is 1.66. The molecule has 2 N–H and O–H groups in total. The summed E-state index contributed by atoms with van der Waals surface area (Å²) < 4.78 is 0. The highest BCUT2D eigenvalue weighted by atomic mass is 16.1. The van der Waals surface area contributed by atoms with Crippen LogP contribution in [0.25, 0.3) is 0 Å². The second-order valence-electron chi connectivity index (χ2n) is 4.38. The first-order valence-electron chi connectivity index (χ1n) is 5.69. The lowest BCUT2D eigenvalue weighted by molar-refractivity contribution is -0.122. The molecule has 1 aliphatic rings. The van der Waals surface area contributed by atoms with Crippen LogP contribution in [0, 0.1) is 11.8 Å². The SMILES string of the molecule is CCC(C)CNC(=O)CC1CCNC1. The van der Waals surface area contributed by atoms with E-state index in [9.17, 15) is 4.79 Å². The van der Waals surface area contributed by atoms with Gasteiger partial charge in [0.2, 0.25) is 5.91 Å². The van der Waals surface area contributed by atoms with Gasteiger partial charge in [-0.05, 0) is 31.3 Å². The topological polar surface area (TPSA) is 41.1 Å². The fourth-order valence-electron chi connectivity index (χ4n) is 1.66. The minimum atomic E-state index is 0.221. The van der Waals surface area contributed by atoms with Crippen molar-refractivity contribution in [1.82, 2.24) is 10.6 Å². The van der Waals surface area contributed by atoms with Crippen LogP contribution in [0.5, 0.6) is 0 Å². The van der Waals surface area contributed by atoms with Gasteiger partial charge in [0.1, 0.15) is 0 Å². The molecule has 0 spiro atoms. The van der Waals surface area contributed by atoms with E-state index in [0.717, 1.165) is 32.5 Å². The lowest BCUT2D eigenvalue weighted by atomic mass is 10.0. The Labute approximate surface area is 86.6 Å². The second-order valence-corrected chi connectivity index (χ2v) is 4.38. The number of carbonyl (C=O) groups is 1. The molecular weight excluding hydrogens is 176 g/mol. The molecule has 14 heavy (non-hydrogen) atoms. The van der Waals surface area contributed by atoms with Crippen LogP contribution in [-0.2, 0) is 4.79 Å². The summed E-state index contributed by atoms with van der Waals surface area (Å²) >= 11 is 0. The van der Waals surface area contributed by atoms with E-state index in [-0.39, 0.29) is 5.91 Å². The van der Waals surface area contributed by atoms with Crippen LogP contribution in [-0.4, -0.2) is 25.5 Å². The third-order valence-electron chi connectivity index (χ3n) is 2.98. The van der Waals surface area contributed by atoms with Crippen molar-refractivity contribution in [3.63, 3.8) is 0 Å². The molecule has 3 nitrogen and oxygen atoms in total. The molecule has 1 fully saturated rings. The number of rotatable bonds is 5. The van der Waals surface area contributed by atoms with Crippen LogP contribution in [0.4, 0.5) is 0 Å². The molecule has 2 unspecified atom stereocenters. The molecule has 1 rings (SSSR count). The summed E-state index contributed by atoms with van der Waals surface area (Å²) in [4.78, 5) is 11.5. The summed E-state index contributed by atoms with van der Waals surface area (Å²) in [7, 11) is 0. The van der Waals surface area contributed by atoms with Gasteiger partial charge in [0, 0.05) is 13.0 Å². The van der Waals surface area contributed by atoms with Crippen LogP contribution < -0.4 is 10.6 Å². The molecule has 82 valence electrons. The summed E-state index contributed by atoms with van der Waals surface area (Å²) in [5, 5.41) is 6.27. The van der Waals surface area contributed by atoms with E-state index in [0.29, 0.717) is 18.3 Å². The molecule has 0 aromatic carbocycles. The standard InChI is InChI=1S/C11H22N2O/c1-3-9(2)7-13-11(14)6-10-4-5-12-8-10/h9-10,12H,3-8H2,1-2H3,(H,13,14). The predicted octanol–water partition coefficient (Wildman–Crippen LogP) is 1.15. The van der Waals surface area contributed by atoms with Gasteiger partial charge in [-0.3, -0.25) is 4.79 Å². The monoisotopic (exact) mass is 198 g/mol. The van der Waals surface area contributed by atoms with Crippen LogP contribution >= 0.6 is 0 Å². The highest BCUT2D eigenvalue weighted by Crippen LogP contribution is 2.11. The van der Waals surface area contributed by atoms with Gasteiger partial charge >= 0.3 is 0 Å². The van der Waals surface area contributed by atoms with Crippen LogP contribution in [0.3, 0.4) is 0 Å². The second kappa shape index (κ2) is 6.02. The first-order valence-corrected chi connectivity index (χ1v) is 5.69. The molecule has 0 saturated carbocycles. The molecule has 1 amide bonds. The summed E-state index contributed by atoms with van der Waals surface area (Å²) in [5.41, 5.74) is 0. The van der Waals surface area contributed by atoms with E-state index in [1.807, 2.05) is 0 Å². The Kier molecular flexibility index (Phi) is 4.94. The number of amides is 1. The summed E-state index contributed by atoms with van der Waals surface area (Å²) in [6, 6.07) is 0. The van der Waals surface area contributed by atoms with Crippen molar-refractivity contribution >= 4 is 5.91 Å². The quantitative estimate of drug-likeness (QED) is 0.696. The highest BCUT2D eigenvalue weighted by Gasteiger charge is 2.17. The Morgan fingerprint density at radius 1 is 1.64 bits per heavy atom. The fraction of sp³-hybridized carbons (Fsp3) is 0.909. The third-order valence-corrected chi connectivity index (χ3v) is 2.98. The minimum Gasteiger partial charge on any atom is -0.356 e. The molecular formula is C11H22N2O. The van der Waals surface area contributed by atoms with Crippen LogP contribution in [0.1, 0.15) is 33.1 Å². The number of hydrogen-bond acceptors (Lipinski definition) is 2.